The zero-order chi connectivity index (χ0) is 13.9. The zero-order valence-corrected chi connectivity index (χ0v) is 9.78. The van der Waals surface area contributed by atoms with Gasteiger partial charge in [0.1, 0.15) is 0 Å². The fourth-order valence-corrected chi connectivity index (χ4v) is 1.94. The summed E-state index contributed by atoms with van der Waals surface area (Å²) in [5.74, 6) is -6.28. The lowest BCUT2D eigenvalue weighted by Crippen LogP contribution is -2.50. The number of hydrogen-bond acceptors (Lipinski definition) is 3. The van der Waals surface area contributed by atoms with E-state index in [1.165, 1.54) is 6.92 Å². The zero-order valence-electron chi connectivity index (χ0n) is 9.78. The molecule has 1 fully saturated rings. The van der Waals surface area contributed by atoms with Crippen LogP contribution in [0.2, 0.25) is 0 Å². The number of carboxylic acids is 1. The fourth-order valence-electron chi connectivity index (χ4n) is 1.94. The van der Waals surface area contributed by atoms with E-state index in [2.05, 4.69) is 0 Å². The highest BCUT2D eigenvalue weighted by Crippen LogP contribution is 2.28. The van der Waals surface area contributed by atoms with Crippen LogP contribution in [-0.2, 0) is 9.53 Å². The Morgan fingerprint density at radius 1 is 1.50 bits per heavy atom. The van der Waals surface area contributed by atoms with Crippen LogP contribution in [0.1, 0.15) is 6.92 Å². The molecule has 1 rings (SSSR count). The third-order valence-electron chi connectivity index (χ3n) is 2.98. The lowest BCUT2D eigenvalue weighted by molar-refractivity contribution is -0.153. The maximum Gasteiger partial charge on any atom is 0.319 e. The number of likely N-dealkylation sites (N-methyl/N-ethyl adjacent to an activating group) is 1. The van der Waals surface area contributed by atoms with Crippen LogP contribution in [0.3, 0.4) is 0 Å². The van der Waals surface area contributed by atoms with Gasteiger partial charge >= 0.3 is 18.3 Å². The first-order valence-corrected chi connectivity index (χ1v) is 5.50. The quantitative estimate of drug-likeness (QED) is 0.741. The Kier molecular flexibility index (Phi) is 4.92. The Balaban J connectivity index is 2.74. The number of hydrogen-bond donors (Lipinski definition) is 1. The lowest BCUT2D eigenvalue weighted by atomic mass is 10.0. The molecule has 2 unspecified atom stereocenters. The first-order chi connectivity index (χ1) is 8.29. The first kappa shape index (κ1) is 15.2. The summed E-state index contributed by atoms with van der Waals surface area (Å²) in [7, 11) is 0. The van der Waals surface area contributed by atoms with E-state index < -0.39 is 36.8 Å². The first-order valence-electron chi connectivity index (χ1n) is 5.50. The van der Waals surface area contributed by atoms with E-state index in [9.17, 15) is 22.4 Å². The molecule has 0 aromatic rings. The predicted molar refractivity (Wildman–Crippen MR) is 53.9 cm³/mol. The van der Waals surface area contributed by atoms with Crippen LogP contribution in [0.5, 0.6) is 0 Å². The molecule has 2 atom stereocenters. The van der Waals surface area contributed by atoms with Crippen molar-refractivity contribution in [3.05, 3.63) is 0 Å². The summed E-state index contributed by atoms with van der Waals surface area (Å²) < 4.78 is 55.2. The van der Waals surface area contributed by atoms with Crippen molar-refractivity contribution in [3.8, 4) is 0 Å². The van der Waals surface area contributed by atoms with Gasteiger partial charge in [-0.15, -0.1) is 0 Å². The van der Waals surface area contributed by atoms with Crippen LogP contribution < -0.4 is 0 Å². The maximum absolute atomic E-state index is 13.0. The molecule has 106 valence electrons. The number of carboxylic acid groups (broad SMARTS) is 1. The third-order valence-corrected chi connectivity index (χ3v) is 2.98. The van der Waals surface area contributed by atoms with Crippen molar-refractivity contribution in [2.75, 3.05) is 26.3 Å². The summed E-state index contributed by atoms with van der Waals surface area (Å²) in [4.78, 5) is 11.9. The number of alkyl halides is 4. The highest BCUT2D eigenvalue weighted by Gasteiger charge is 2.46. The van der Waals surface area contributed by atoms with Gasteiger partial charge in [-0.3, -0.25) is 9.69 Å². The Morgan fingerprint density at radius 3 is 2.56 bits per heavy atom. The minimum Gasteiger partial charge on any atom is -0.481 e. The van der Waals surface area contributed by atoms with Gasteiger partial charge in [0.15, 0.2) is 0 Å². The van der Waals surface area contributed by atoms with Crippen LogP contribution in [0.15, 0.2) is 0 Å². The van der Waals surface area contributed by atoms with Crippen LogP contribution in [0.25, 0.3) is 0 Å². The maximum atomic E-state index is 13.0. The largest absolute Gasteiger partial charge is 0.481 e. The molecular weight excluding hydrogens is 258 g/mol. The molecule has 0 bridgehead atoms. The van der Waals surface area contributed by atoms with E-state index in [-0.39, 0.29) is 19.8 Å². The summed E-state index contributed by atoms with van der Waals surface area (Å²) in [6.45, 7) is 0.277. The fraction of sp³-hybridized carbons (Fsp3) is 0.900. The van der Waals surface area contributed by atoms with Crippen LogP contribution in [0, 0.1) is 5.92 Å². The second-order valence-electron chi connectivity index (χ2n) is 4.17. The number of halogens is 4. The van der Waals surface area contributed by atoms with E-state index in [0.29, 0.717) is 0 Å². The summed E-state index contributed by atoms with van der Waals surface area (Å²) in [5, 5.41) is 8.89. The van der Waals surface area contributed by atoms with Gasteiger partial charge in [-0.05, 0) is 6.54 Å². The number of carbonyl (C=O) groups is 1. The summed E-state index contributed by atoms with van der Waals surface area (Å²) >= 11 is 0. The van der Waals surface area contributed by atoms with Crippen LogP contribution >= 0.6 is 0 Å². The average molecular weight is 273 g/mol. The van der Waals surface area contributed by atoms with Gasteiger partial charge in [0.2, 0.25) is 0 Å². The van der Waals surface area contributed by atoms with Crippen molar-refractivity contribution >= 4 is 5.97 Å². The minimum atomic E-state index is -4.15. The Hall–Kier alpha value is -0.890. The van der Waals surface area contributed by atoms with E-state index in [4.69, 9.17) is 9.84 Å². The van der Waals surface area contributed by atoms with Gasteiger partial charge < -0.3 is 9.84 Å². The molecule has 8 heteroatoms. The van der Waals surface area contributed by atoms with Crippen molar-refractivity contribution in [1.29, 1.82) is 0 Å². The molecule has 0 aromatic carbocycles. The molecule has 0 aliphatic carbocycles. The van der Waals surface area contributed by atoms with Crippen LogP contribution in [0.4, 0.5) is 17.6 Å². The van der Waals surface area contributed by atoms with Gasteiger partial charge in [0, 0.05) is 6.04 Å². The highest BCUT2D eigenvalue weighted by molar-refractivity contribution is 5.71. The van der Waals surface area contributed by atoms with E-state index in [1.54, 1.807) is 0 Å². The Morgan fingerprint density at radius 2 is 2.11 bits per heavy atom. The van der Waals surface area contributed by atoms with Gasteiger partial charge in [-0.1, -0.05) is 6.92 Å². The lowest BCUT2D eigenvalue weighted by Gasteiger charge is -2.31. The van der Waals surface area contributed by atoms with E-state index >= 15 is 0 Å². The van der Waals surface area contributed by atoms with E-state index in [1.807, 2.05) is 0 Å². The number of ether oxygens (including phenoxy) is 1. The van der Waals surface area contributed by atoms with E-state index in [0.717, 1.165) is 4.90 Å². The van der Waals surface area contributed by atoms with Crippen molar-refractivity contribution in [2.24, 2.45) is 5.92 Å². The Bertz CT molecular complexity index is 301. The van der Waals surface area contributed by atoms with Gasteiger partial charge in [-0.2, -0.15) is 8.78 Å². The van der Waals surface area contributed by atoms with Crippen LogP contribution in [-0.4, -0.2) is 60.7 Å². The third kappa shape index (κ3) is 3.32. The van der Waals surface area contributed by atoms with Gasteiger partial charge in [-0.25, -0.2) is 8.78 Å². The summed E-state index contributed by atoms with van der Waals surface area (Å²) in [6, 6.07) is -0.794. The summed E-state index contributed by atoms with van der Waals surface area (Å²) in [5.41, 5.74) is 0. The molecular formula is C10H15F4NO3. The molecule has 1 heterocycles. The molecule has 1 saturated heterocycles. The molecule has 0 aromatic heterocycles. The predicted octanol–water partition coefficient (Wildman–Crippen LogP) is 1.31. The number of aliphatic carboxylic acids is 1. The second-order valence-corrected chi connectivity index (χ2v) is 4.17. The molecule has 0 spiro atoms. The smallest absolute Gasteiger partial charge is 0.319 e. The standard InChI is InChI=1S/C10H15F4NO3/c1-2-15(5-10(13,14)9(11)12)7-4-18-3-6(7)8(16)17/h6-7,9H,2-5H2,1H3,(H,16,17). The number of rotatable bonds is 6. The summed E-state index contributed by atoms with van der Waals surface area (Å²) in [6.07, 6.45) is -3.77. The molecule has 1 aliphatic rings. The van der Waals surface area contributed by atoms with Crippen molar-refractivity contribution in [1.82, 2.24) is 4.90 Å². The molecule has 4 nitrogen and oxygen atoms in total. The molecule has 1 aliphatic heterocycles. The molecule has 18 heavy (non-hydrogen) atoms. The average Bonchev–Trinajstić information content (AvgIpc) is 2.74. The highest BCUT2D eigenvalue weighted by atomic mass is 19.3. The number of nitrogens with zero attached hydrogens (tertiary/aromatic N) is 1. The monoisotopic (exact) mass is 273 g/mol. The van der Waals surface area contributed by atoms with Crippen molar-refractivity contribution in [2.45, 2.75) is 25.3 Å². The second kappa shape index (κ2) is 5.83. The van der Waals surface area contributed by atoms with Crippen molar-refractivity contribution in [3.63, 3.8) is 0 Å². The SMILES string of the molecule is CCN(CC(F)(F)C(F)F)C1COCC1C(=O)O. The Labute approximate surface area is 102 Å². The minimum absolute atomic E-state index is 0.0376. The molecule has 0 saturated carbocycles. The van der Waals surface area contributed by atoms with Gasteiger partial charge in [0.25, 0.3) is 0 Å². The molecule has 0 radical (unpaired) electrons. The van der Waals surface area contributed by atoms with Crippen molar-refractivity contribution < 1.29 is 32.2 Å². The normalized spacial score (nSPS) is 25.1. The molecule has 1 N–H and O–H groups in total. The van der Waals surface area contributed by atoms with Gasteiger partial charge in [0.05, 0.1) is 25.7 Å². The molecule has 0 amide bonds. The topological polar surface area (TPSA) is 49.8 Å².